The highest BCUT2D eigenvalue weighted by atomic mass is 15.3. The summed E-state index contributed by atoms with van der Waals surface area (Å²) in [6.07, 6.45) is 5.12. The molecule has 0 saturated heterocycles. The molecule has 1 aromatic rings. The van der Waals surface area contributed by atoms with E-state index in [1.54, 1.807) is 0 Å². The van der Waals surface area contributed by atoms with Crippen LogP contribution in [0.15, 0.2) is 30.3 Å². The number of benzene rings is 1. The van der Waals surface area contributed by atoms with Crippen LogP contribution in [-0.2, 0) is 6.42 Å². The van der Waals surface area contributed by atoms with E-state index in [0.717, 1.165) is 0 Å². The van der Waals surface area contributed by atoms with Crippen LogP contribution in [0.3, 0.4) is 0 Å². The van der Waals surface area contributed by atoms with Gasteiger partial charge in [-0.05, 0) is 24.8 Å². The van der Waals surface area contributed by atoms with Gasteiger partial charge in [-0.3, -0.25) is 0 Å². The van der Waals surface area contributed by atoms with E-state index >= 15 is 0 Å². The Labute approximate surface area is 113 Å². The van der Waals surface area contributed by atoms with Gasteiger partial charge in [-0.2, -0.15) is 0 Å². The van der Waals surface area contributed by atoms with Gasteiger partial charge < -0.3 is 4.48 Å². The van der Waals surface area contributed by atoms with Gasteiger partial charge >= 0.3 is 0 Å². The lowest BCUT2D eigenvalue weighted by molar-refractivity contribution is -0.928. The molecule has 0 fully saturated rings. The Morgan fingerprint density at radius 1 is 0.722 bits per heavy atom. The van der Waals surface area contributed by atoms with Gasteiger partial charge in [0.05, 0.1) is 26.2 Å². The van der Waals surface area contributed by atoms with Gasteiger partial charge in [0.1, 0.15) is 0 Å². The topological polar surface area (TPSA) is 0 Å². The molecule has 0 saturated carbocycles. The zero-order chi connectivity index (χ0) is 13.3. The monoisotopic (exact) mass is 248 g/mol. The lowest BCUT2D eigenvalue weighted by Crippen LogP contribution is -2.51. The fraction of sp³-hybridized carbons (Fsp3) is 0.647. The van der Waals surface area contributed by atoms with Crippen molar-refractivity contribution in [1.29, 1.82) is 0 Å². The molecular formula is C17H30N+. The van der Waals surface area contributed by atoms with E-state index in [-0.39, 0.29) is 0 Å². The van der Waals surface area contributed by atoms with E-state index in [2.05, 4.69) is 51.1 Å². The second-order valence-electron chi connectivity index (χ2n) is 5.47. The summed E-state index contributed by atoms with van der Waals surface area (Å²) in [5.41, 5.74) is 1.49. The molecule has 1 rings (SSSR count). The van der Waals surface area contributed by atoms with Crippen molar-refractivity contribution in [3.05, 3.63) is 35.9 Å². The Morgan fingerprint density at radius 3 is 1.67 bits per heavy atom. The molecule has 0 atom stereocenters. The first-order valence-electron chi connectivity index (χ1n) is 7.65. The van der Waals surface area contributed by atoms with E-state index in [1.807, 2.05) is 0 Å². The Balaban J connectivity index is 2.64. The second-order valence-corrected chi connectivity index (χ2v) is 5.47. The lowest BCUT2D eigenvalue weighted by Gasteiger charge is -2.38. The molecule has 0 aromatic heterocycles. The van der Waals surface area contributed by atoms with Gasteiger partial charge in [0.2, 0.25) is 0 Å². The average molecular weight is 248 g/mol. The number of rotatable bonds is 9. The van der Waals surface area contributed by atoms with Gasteiger partial charge in [0.15, 0.2) is 0 Å². The molecule has 0 N–H and O–H groups in total. The summed E-state index contributed by atoms with van der Waals surface area (Å²) < 4.78 is 1.32. The van der Waals surface area contributed by atoms with E-state index in [4.69, 9.17) is 0 Å². The zero-order valence-corrected chi connectivity index (χ0v) is 12.5. The minimum atomic E-state index is 1.22. The first kappa shape index (κ1) is 15.2. The summed E-state index contributed by atoms with van der Waals surface area (Å²) in [6.45, 7) is 12.3. The van der Waals surface area contributed by atoms with Crippen molar-refractivity contribution >= 4 is 0 Å². The van der Waals surface area contributed by atoms with E-state index < -0.39 is 0 Å². The minimum absolute atomic E-state index is 1.22. The highest BCUT2D eigenvalue weighted by Gasteiger charge is 2.23. The molecule has 102 valence electrons. The SMILES string of the molecule is CCC[N+](CCC)(CCC)CCc1ccccc1. The molecule has 0 aliphatic heterocycles. The zero-order valence-electron chi connectivity index (χ0n) is 12.5. The van der Waals surface area contributed by atoms with Gasteiger partial charge in [0.25, 0.3) is 0 Å². The van der Waals surface area contributed by atoms with Crippen molar-refractivity contribution in [2.24, 2.45) is 0 Å². The smallest absolute Gasteiger partial charge is 0.0827 e. The molecule has 0 amide bonds. The van der Waals surface area contributed by atoms with Crippen LogP contribution in [0.4, 0.5) is 0 Å². The average Bonchev–Trinajstić information content (AvgIpc) is 2.39. The molecule has 0 heterocycles. The maximum atomic E-state index is 2.32. The molecule has 18 heavy (non-hydrogen) atoms. The highest BCUT2D eigenvalue weighted by molar-refractivity contribution is 5.14. The molecular weight excluding hydrogens is 218 g/mol. The maximum Gasteiger partial charge on any atom is 0.0827 e. The van der Waals surface area contributed by atoms with Crippen LogP contribution in [0.1, 0.15) is 45.6 Å². The molecule has 0 unspecified atom stereocenters. The van der Waals surface area contributed by atoms with Crippen molar-refractivity contribution in [2.75, 3.05) is 26.2 Å². The van der Waals surface area contributed by atoms with Crippen LogP contribution in [0.5, 0.6) is 0 Å². The summed E-state index contributed by atoms with van der Waals surface area (Å²) in [6, 6.07) is 10.9. The van der Waals surface area contributed by atoms with Crippen LogP contribution in [0.25, 0.3) is 0 Å². The predicted molar refractivity (Wildman–Crippen MR) is 80.7 cm³/mol. The number of hydrogen-bond donors (Lipinski definition) is 0. The fourth-order valence-corrected chi connectivity index (χ4v) is 3.10. The first-order chi connectivity index (χ1) is 8.76. The molecule has 1 heteroatoms. The molecule has 1 aromatic carbocycles. The number of hydrogen-bond acceptors (Lipinski definition) is 0. The van der Waals surface area contributed by atoms with Crippen LogP contribution in [-0.4, -0.2) is 30.7 Å². The first-order valence-corrected chi connectivity index (χ1v) is 7.65. The van der Waals surface area contributed by atoms with Crippen molar-refractivity contribution < 1.29 is 4.48 Å². The highest BCUT2D eigenvalue weighted by Crippen LogP contribution is 2.14. The largest absolute Gasteiger partial charge is 0.323 e. The quantitative estimate of drug-likeness (QED) is 0.572. The third-order valence-electron chi connectivity index (χ3n) is 3.81. The number of quaternary nitrogens is 1. The molecule has 0 aliphatic carbocycles. The van der Waals surface area contributed by atoms with Crippen molar-refractivity contribution in [3.63, 3.8) is 0 Å². The summed E-state index contributed by atoms with van der Waals surface area (Å²) in [5, 5.41) is 0. The standard InChI is InChI=1S/C17H30N/c1-4-13-18(14-5-2,15-6-3)16-12-17-10-8-7-9-11-17/h7-11H,4-6,12-16H2,1-3H3/q+1. The van der Waals surface area contributed by atoms with Crippen molar-refractivity contribution in [1.82, 2.24) is 0 Å². The van der Waals surface area contributed by atoms with Gasteiger partial charge in [-0.25, -0.2) is 0 Å². The fourth-order valence-electron chi connectivity index (χ4n) is 3.10. The normalized spacial score (nSPS) is 11.7. The van der Waals surface area contributed by atoms with Crippen molar-refractivity contribution in [3.8, 4) is 0 Å². The third-order valence-corrected chi connectivity index (χ3v) is 3.81. The molecule has 0 bridgehead atoms. The number of nitrogens with zero attached hydrogens (tertiary/aromatic N) is 1. The van der Waals surface area contributed by atoms with E-state index in [0.29, 0.717) is 0 Å². The third kappa shape index (κ3) is 4.81. The molecule has 1 nitrogen and oxygen atoms in total. The summed E-state index contributed by atoms with van der Waals surface area (Å²) >= 11 is 0. The molecule has 0 aliphatic rings. The molecule has 0 spiro atoms. The van der Waals surface area contributed by atoms with Gasteiger partial charge in [-0.1, -0.05) is 51.1 Å². The molecule has 0 radical (unpaired) electrons. The van der Waals surface area contributed by atoms with Crippen LogP contribution in [0.2, 0.25) is 0 Å². The summed E-state index contributed by atoms with van der Waals surface area (Å²) in [4.78, 5) is 0. The lowest BCUT2D eigenvalue weighted by atomic mass is 10.1. The summed E-state index contributed by atoms with van der Waals surface area (Å²) in [5.74, 6) is 0. The van der Waals surface area contributed by atoms with Crippen LogP contribution in [0, 0.1) is 0 Å². The van der Waals surface area contributed by atoms with Gasteiger partial charge in [0, 0.05) is 6.42 Å². The Hall–Kier alpha value is -0.820. The van der Waals surface area contributed by atoms with E-state index in [1.165, 1.54) is 61.9 Å². The van der Waals surface area contributed by atoms with Gasteiger partial charge in [-0.15, -0.1) is 0 Å². The predicted octanol–water partition coefficient (Wildman–Crippen LogP) is 4.28. The Morgan fingerprint density at radius 2 is 1.22 bits per heavy atom. The van der Waals surface area contributed by atoms with Crippen LogP contribution >= 0.6 is 0 Å². The Bertz CT molecular complexity index is 288. The summed E-state index contributed by atoms with van der Waals surface area (Å²) in [7, 11) is 0. The van der Waals surface area contributed by atoms with Crippen molar-refractivity contribution in [2.45, 2.75) is 46.5 Å². The van der Waals surface area contributed by atoms with Crippen LogP contribution < -0.4 is 0 Å². The second kappa shape index (κ2) is 8.31. The Kier molecular flexibility index (Phi) is 7.04. The van der Waals surface area contributed by atoms with E-state index in [9.17, 15) is 0 Å². The maximum absolute atomic E-state index is 2.32. The minimum Gasteiger partial charge on any atom is -0.323 e.